The molecule has 0 amide bonds. The molecule has 5 nitrogen and oxygen atoms in total. The molecule has 0 radical (unpaired) electrons. The predicted molar refractivity (Wildman–Crippen MR) is 96.3 cm³/mol. The number of hydrogen-bond acceptors (Lipinski definition) is 5. The largest absolute Gasteiger partial charge is 0.465 e. The molecule has 3 unspecified atom stereocenters. The van der Waals surface area contributed by atoms with E-state index in [9.17, 15) is 9.59 Å². The van der Waals surface area contributed by atoms with Crippen LogP contribution in [0, 0.1) is 17.8 Å². The van der Waals surface area contributed by atoms with Gasteiger partial charge in [0.25, 0.3) is 0 Å². The van der Waals surface area contributed by atoms with E-state index in [4.69, 9.17) is 14.2 Å². The lowest BCUT2D eigenvalue weighted by Gasteiger charge is -2.36. The Kier molecular flexibility index (Phi) is 6.09. The molecule has 1 heterocycles. The Hall–Kier alpha value is -2.14. The fraction of sp³-hybridized carbons (Fsp3) is 0.524. The topological polar surface area (TPSA) is 61.8 Å². The van der Waals surface area contributed by atoms with E-state index >= 15 is 0 Å². The van der Waals surface area contributed by atoms with Crippen LogP contribution in [0.15, 0.2) is 36.4 Å². The molecular weight excluding hydrogens is 332 g/mol. The standard InChI is InChI=1S/C21H26O5/c1-3-25-20(22)19(21(23)26-4-2)17-11-7-10-16-15-9-6-5-8-14(15)12-24-13-18(16)17/h5-9,11,16-19H,3-4,10,12-13H2,1-2H3. The number of fused-ring (bicyclic) bond motifs is 3. The zero-order valence-electron chi connectivity index (χ0n) is 15.4. The lowest BCUT2D eigenvalue weighted by Crippen LogP contribution is -2.41. The van der Waals surface area contributed by atoms with Crippen LogP contribution in [0.5, 0.6) is 0 Å². The summed E-state index contributed by atoms with van der Waals surface area (Å²) in [5.74, 6) is -2.03. The number of esters is 2. The van der Waals surface area contributed by atoms with Crippen molar-refractivity contribution >= 4 is 11.9 Å². The molecule has 0 bridgehead atoms. The average molecular weight is 358 g/mol. The van der Waals surface area contributed by atoms with Crippen LogP contribution in [-0.2, 0) is 30.4 Å². The Balaban J connectivity index is 1.95. The van der Waals surface area contributed by atoms with Crippen molar-refractivity contribution in [2.75, 3.05) is 19.8 Å². The lowest BCUT2D eigenvalue weighted by atomic mass is 9.68. The van der Waals surface area contributed by atoms with Crippen molar-refractivity contribution in [2.24, 2.45) is 17.8 Å². The third-order valence-electron chi connectivity index (χ3n) is 5.25. The zero-order chi connectivity index (χ0) is 18.5. The molecule has 3 rings (SSSR count). The lowest BCUT2D eigenvalue weighted by molar-refractivity contribution is -0.165. The van der Waals surface area contributed by atoms with Gasteiger partial charge in [-0.2, -0.15) is 0 Å². The quantitative estimate of drug-likeness (QED) is 0.459. The van der Waals surface area contributed by atoms with Crippen molar-refractivity contribution < 1.29 is 23.8 Å². The minimum Gasteiger partial charge on any atom is -0.465 e. The van der Waals surface area contributed by atoms with Gasteiger partial charge >= 0.3 is 11.9 Å². The van der Waals surface area contributed by atoms with Crippen LogP contribution in [0.4, 0.5) is 0 Å². The average Bonchev–Trinajstić information content (AvgIpc) is 2.82. The van der Waals surface area contributed by atoms with Crippen LogP contribution in [0.25, 0.3) is 0 Å². The van der Waals surface area contributed by atoms with E-state index in [1.54, 1.807) is 13.8 Å². The van der Waals surface area contributed by atoms with Crippen LogP contribution >= 0.6 is 0 Å². The van der Waals surface area contributed by atoms with E-state index < -0.39 is 17.9 Å². The smallest absolute Gasteiger partial charge is 0.320 e. The summed E-state index contributed by atoms with van der Waals surface area (Å²) < 4.78 is 16.3. The maximum absolute atomic E-state index is 12.6. The molecule has 1 aliphatic heterocycles. The number of carbonyl (C=O) groups is 2. The van der Waals surface area contributed by atoms with Gasteiger partial charge in [-0.05, 0) is 43.2 Å². The Bertz CT molecular complexity index is 663. The summed E-state index contributed by atoms with van der Waals surface area (Å²) >= 11 is 0. The normalized spacial score (nSPS) is 24.3. The van der Waals surface area contributed by atoms with Crippen LogP contribution in [0.3, 0.4) is 0 Å². The number of hydrogen-bond donors (Lipinski definition) is 0. The highest BCUT2D eigenvalue weighted by atomic mass is 16.6. The summed E-state index contributed by atoms with van der Waals surface area (Å²) in [6, 6.07) is 8.25. The van der Waals surface area contributed by atoms with Gasteiger partial charge in [-0.3, -0.25) is 9.59 Å². The number of carbonyl (C=O) groups excluding carboxylic acids is 2. The molecule has 3 atom stereocenters. The molecule has 1 aromatic rings. The highest BCUT2D eigenvalue weighted by Crippen LogP contribution is 2.44. The van der Waals surface area contributed by atoms with Crippen LogP contribution in [-0.4, -0.2) is 31.8 Å². The fourth-order valence-corrected chi connectivity index (χ4v) is 4.12. The molecular formula is C21H26O5. The van der Waals surface area contributed by atoms with Gasteiger partial charge in [0.05, 0.1) is 26.4 Å². The second-order valence-electron chi connectivity index (χ2n) is 6.71. The molecule has 0 spiro atoms. The highest BCUT2D eigenvalue weighted by Gasteiger charge is 2.45. The van der Waals surface area contributed by atoms with Crippen molar-refractivity contribution in [1.82, 2.24) is 0 Å². The predicted octanol–water partition coefficient (Wildman–Crippen LogP) is 3.24. The summed E-state index contributed by atoms with van der Waals surface area (Å²) in [4.78, 5) is 25.1. The minimum atomic E-state index is -0.951. The van der Waals surface area contributed by atoms with Gasteiger partial charge in [0, 0.05) is 5.92 Å². The van der Waals surface area contributed by atoms with E-state index in [0.717, 1.165) is 6.42 Å². The number of ether oxygens (including phenoxy) is 3. The first kappa shape index (κ1) is 18.6. The first-order chi connectivity index (χ1) is 12.7. The SMILES string of the molecule is CCOC(=O)C(C(=O)OCC)C1C=CCC2c3ccccc3COCC21. The molecule has 1 aromatic carbocycles. The molecule has 0 aromatic heterocycles. The second kappa shape index (κ2) is 8.49. The van der Waals surface area contributed by atoms with Crippen LogP contribution < -0.4 is 0 Å². The third kappa shape index (κ3) is 3.68. The maximum Gasteiger partial charge on any atom is 0.320 e. The van der Waals surface area contributed by atoms with E-state index in [1.165, 1.54) is 11.1 Å². The molecule has 1 aliphatic carbocycles. The zero-order valence-corrected chi connectivity index (χ0v) is 15.4. The maximum atomic E-state index is 12.6. The fourth-order valence-electron chi connectivity index (χ4n) is 4.12. The van der Waals surface area contributed by atoms with Gasteiger partial charge in [0.1, 0.15) is 0 Å². The molecule has 2 aliphatic rings. The number of benzene rings is 1. The Morgan fingerprint density at radius 2 is 1.85 bits per heavy atom. The summed E-state index contributed by atoms with van der Waals surface area (Å²) in [5, 5.41) is 0. The van der Waals surface area contributed by atoms with Crippen LogP contribution in [0.2, 0.25) is 0 Å². The molecule has 5 heteroatoms. The first-order valence-electron chi connectivity index (χ1n) is 9.32. The van der Waals surface area contributed by atoms with E-state index in [0.29, 0.717) is 13.2 Å². The van der Waals surface area contributed by atoms with Crippen molar-refractivity contribution in [2.45, 2.75) is 32.8 Å². The summed E-state index contributed by atoms with van der Waals surface area (Å²) in [6.07, 6.45) is 4.91. The van der Waals surface area contributed by atoms with Gasteiger partial charge in [-0.1, -0.05) is 36.4 Å². The van der Waals surface area contributed by atoms with Gasteiger partial charge in [-0.15, -0.1) is 0 Å². The molecule has 26 heavy (non-hydrogen) atoms. The molecule has 0 saturated carbocycles. The Morgan fingerprint density at radius 1 is 1.15 bits per heavy atom. The summed E-state index contributed by atoms with van der Waals surface area (Å²) in [6.45, 7) is 5.01. The molecule has 0 saturated heterocycles. The summed E-state index contributed by atoms with van der Waals surface area (Å²) in [7, 11) is 0. The third-order valence-corrected chi connectivity index (χ3v) is 5.25. The van der Waals surface area contributed by atoms with Gasteiger partial charge in [0.2, 0.25) is 0 Å². The molecule has 0 fully saturated rings. The van der Waals surface area contributed by atoms with E-state index in [1.807, 2.05) is 18.2 Å². The highest BCUT2D eigenvalue weighted by molar-refractivity contribution is 5.95. The first-order valence-corrected chi connectivity index (χ1v) is 9.32. The Labute approximate surface area is 154 Å². The number of rotatable bonds is 5. The molecule has 0 N–H and O–H groups in total. The molecule has 140 valence electrons. The Morgan fingerprint density at radius 3 is 2.54 bits per heavy atom. The van der Waals surface area contributed by atoms with Crippen molar-refractivity contribution in [3.8, 4) is 0 Å². The minimum absolute atomic E-state index is 0.0301. The van der Waals surface area contributed by atoms with Crippen molar-refractivity contribution in [3.63, 3.8) is 0 Å². The van der Waals surface area contributed by atoms with E-state index in [2.05, 4.69) is 18.2 Å². The van der Waals surface area contributed by atoms with Crippen molar-refractivity contribution in [3.05, 3.63) is 47.5 Å². The monoisotopic (exact) mass is 358 g/mol. The van der Waals surface area contributed by atoms with Gasteiger partial charge < -0.3 is 14.2 Å². The summed E-state index contributed by atoms with van der Waals surface area (Å²) in [5.41, 5.74) is 2.42. The van der Waals surface area contributed by atoms with Gasteiger partial charge in [0.15, 0.2) is 5.92 Å². The van der Waals surface area contributed by atoms with Crippen molar-refractivity contribution in [1.29, 1.82) is 0 Å². The van der Waals surface area contributed by atoms with Gasteiger partial charge in [-0.25, -0.2) is 0 Å². The second-order valence-corrected chi connectivity index (χ2v) is 6.71. The number of allylic oxidation sites excluding steroid dienone is 2. The van der Waals surface area contributed by atoms with Crippen LogP contribution in [0.1, 0.15) is 37.3 Å². The van der Waals surface area contributed by atoms with E-state index in [-0.39, 0.29) is 31.0 Å².